The summed E-state index contributed by atoms with van der Waals surface area (Å²) in [7, 11) is 1.14. The van der Waals surface area contributed by atoms with Crippen LogP contribution in [0, 0.1) is 0 Å². The maximum atomic E-state index is 12.9. The lowest BCUT2D eigenvalue weighted by atomic mass is 9.81. The van der Waals surface area contributed by atoms with Gasteiger partial charge in [0.2, 0.25) is 5.91 Å². The number of alkyl carbamates (subject to hydrolysis) is 1. The van der Waals surface area contributed by atoms with Crippen LogP contribution in [-0.4, -0.2) is 97.5 Å². The van der Waals surface area contributed by atoms with Gasteiger partial charge in [-0.15, -0.1) is 0 Å². The molecule has 15 heteroatoms. The zero-order valence-corrected chi connectivity index (χ0v) is 23.9. The first-order valence-corrected chi connectivity index (χ1v) is 12.6. The predicted molar refractivity (Wildman–Crippen MR) is 132 cm³/mol. The van der Waals surface area contributed by atoms with E-state index in [0.717, 1.165) is 27.9 Å². The molecular weight excluding hydrogens is 536 g/mol. The highest BCUT2D eigenvalue weighted by molar-refractivity contribution is 5.86. The van der Waals surface area contributed by atoms with Gasteiger partial charge in [0.15, 0.2) is 23.5 Å². The fourth-order valence-electron chi connectivity index (χ4n) is 4.57. The fraction of sp³-hybridized carbons (Fsp3) is 0.760. The lowest BCUT2D eigenvalue weighted by Crippen LogP contribution is -2.75. The topological polar surface area (TPSA) is 191 Å². The second-order valence-electron chi connectivity index (χ2n) is 10.6. The van der Waals surface area contributed by atoms with Crippen LogP contribution in [0.5, 0.6) is 0 Å². The third kappa shape index (κ3) is 8.27. The Morgan fingerprint density at radius 3 is 1.95 bits per heavy atom. The van der Waals surface area contributed by atoms with E-state index >= 15 is 0 Å². The molecular formula is C25H38N2O13. The minimum atomic E-state index is -1.79. The predicted octanol–water partition coefficient (Wildman–Crippen LogP) is 0.260. The van der Waals surface area contributed by atoms with Gasteiger partial charge in [-0.3, -0.25) is 19.2 Å². The van der Waals surface area contributed by atoms with Crippen LogP contribution in [0.2, 0.25) is 0 Å². The second kappa shape index (κ2) is 12.8. The van der Waals surface area contributed by atoms with Crippen molar-refractivity contribution in [1.29, 1.82) is 0 Å². The highest BCUT2D eigenvalue weighted by Crippen LogP contribution is 2.42. The molecule has 2 fully saturated rings. The molecule has 0 aromatic rings. The largest absolute Gasteiger partial charge is 0.467 e. The third-order valence-corrected chi connectivity index (χ3v) is 6.04. The lowest BCUT2D eigenvalue weighted by molar-refractivity contribution is -0.353. The van der Waals surface area contributed by atoms with E-state index in [4.69, 9.17) is 33.2 Å². The molecule has 2 aliphatic rings. The molecule has 2 rings (SSSR count). The Bertz CT molecular complexity index is 997. The Hall–Kier alpha value is -3.46. The Balaban J connectivity index is 2.53. The molecule has 0 bridgehead atoms. The first kappa shape index (κ1) is 32.8. The fourth-order valence-corrected chi connectivity index (χ4v) is 4.57. The molecule has 2 amide bonds. The number of hydrogen-bond donors (Lipinski definition) is 2. The van der Waals surface area contributed by atoms with Gasteiger partial charge >= 0.3 is 30.0 Å². The van der Waals surface area contributed by atoms with E-state index in [0.29, 0.717) is 0 Å². The van der Waals surface area contributed by atoms with Gasteiger partial charge in [-0.2, -0.15) is 0 Å². The summed E-state index contributed by atoms with van der Waals surface area (Å²) < 4.78 is 38.6. The Labute approximate surface area is 231 Å². The lowest BCUT2D eigenvalue weighted by Gasteiger charge is -2.55. The van der Waals surface area contributed by atoms with E-state index in [2.05, 4.69) is 10.6 Å². The molecule has 1 spiro atoms. The summed E-state index contributed by atoms with van der Waals surface area (Å²) in [4.78, 5) is 73.4. The molecule has 40 heavy (non-hydrogen) atoms. The number of amides is 2. The van der Waals surface area contributed by atoms with E-state index in [1.807, 2.05) is 0 Å². The number of carbonyl (C=O) groups is 6. The van der Waals surface area contributed by atoms with E-state index in [9.17, 15) is 28.8 Å². The SMILES string of the molecule is COC(=O)[C@@]1(NC(=O)OC(C)(C)C)CC[C@]2(OC1)O[C@H](COC(C)=O)[C@H](OC(C)=O)[C@H](OC(C)=O)[C@H]2NC(C)=O. The van der Waals surface area contributed by atoms with Crippen LogP contribution >= 0.6 is 0 Å². The first-order valence-electron chi connectivity index (χ1n) is 12.6. The summed E-state index contributed by atoms with van der Waals surface area (Å²) in [5.41, 5.74) is -2.57. The molecule has 0 aliphatic carbocycles. The van der Waals surface area contributed by atoms with Crippen LogP contribution in [0.25, 0.3) is 0 Å². The highest BCUT2D eigenvalue weighted by atomic mass is 16.7. The van der Waals surface area contributed by atoms with Crippen molar-refractivity contribution >= 4 is 35.9 Å². The monoisotopic (exact) mass is 574 g/mol. The quantitative estimate of drug-likeness (QED) is 0.311. The van der Waals surface area contributed by atoms with Crippen molar-refractivity contribution in [3.05, 3.63) is 0 Å². The summed E-state index contributed by atoms with van der Waals surface area (Å²) >= 11 is 0. The number of hydrogen-bond acceptors (Lipinski definition) is 13. The van der Waals surface area contributed by atoms with Gasteiger partial charge < -0.3 is 43.8 Å². The van der Waals surface area contributed by atoms with E-state index < -0.39 is 90.4 Å². The van der Waals surface area contributed by atoms with Crippen LogP contribution < -0.4 is 10.6 Å². The molecule has 0 unspecified atom stereocenters. The maximum absolute atomic E-state index is 12.9. The van der Waals surface area contributed by atoms with Crippen LogP contribution in [0.1, 0.15) is 61.3 Å². The summed E-state index contributed by atoms with van der Waals surface area (Å²) in [6, 6.07) is -1.26. The molecule has 2 aliphatic heterocycles. The normalized spacial score (nSPS) is 29.9. The van der Waals surface area contributed by atoms with Crippen LogP contribution in [0.4, 0.5) is 4.79 Å². The van der Waals surface area contributed by atoms with Gasteiger partial charge in [0.05, 0.1) is 13.7 Å². The molecule has 6 atom stereocenters. The van der Waals surface area contributed by atoms with Gasteiger partial charge in [-0.05, 0) is 27.2 Å². The molecule has 0 aromatic heterocycles. The van der Waals surface area contributed by atoms with Crippen molar-refractivity contribution < 1.29 is 61.9 Å². The number of ether oxygens (including phenoxy) is 7. The van der Waals surface area contributed by atoms with E-state index in [1.165, 1.54) is 6.92 Å². The van der Waals surface area contributed by atoms with Crippen molar-refractivity contribution in [3.8, 4) is 0 Å². The van der Waals surface area contributed by atoms with E-state index in [-0.39, 0.29) is 12.8 Å². The number of esters is 4. The molecule has 2 saturated heterocycles. The molecule has 0 radical (unpaired) electrons. The molecule has 2 N–H and O–H groups in total. The van der Waals surface area contributed by atoms with Crippen LogP contribution in [0.15, 0.2) is 0 Å². The molecule has 15 nitrogen and oxygen atoms in total. The zero-order chi connectivity index (χ0) is 30.5. The average Bonchev–Trinajstić information content (AvgIpc) is 2.81. The molecule has 0 aromatic carbocycles. The number of rotatable bonds is 7. The zero-order valence-electron chi connectivity index (χ0n) is 23.9. The molecule has 0 saturated carbocycles. The van der Waals surface area contributed by atoms with Crippen molar-refractivity contribution in [2.75, 3.05) is 20.3 Å². The number of nitrogens with one attached hydrogen (secondary N) is 2. The standard InChI is InChI=1S/C25H38N2O13/c1-13(28)26-20-19(38-16(4)31)18(37-15(3)30)17(11-35-14(2)29)39-25(20)10-9-24(12-36-25,21(32)34-8)27-22(33)40-23(5,6)7/h17-20H,9-12H2,1-8H3,(H,26,28)(H,27,33)/t17-,18+,19+,20-,24-,25+/m1/s1. The Morgan fingerprint density at radius 1 is 0.900 bits per heavy atom. The van der Waals surface area contributed by atoms with Gasteiger partial charge in [0.1, 0.15) is 24.4 Å². The molecule has 226 valence electrons. The minimum Gasteiger partial charge on any atom is -0.467 e. The average molecular weight is 575 g/mol. The Morgan fingerprint density at radius 2 is 1.50 bits per heavy atom. The van der Waals surface area contributed by atoms with Crippen molar-refractivity contribution in [3.63, 3.8) is 0 Å². The second-order valence-corrected chi connectivity index (χ2v) is 10.6. The van der Waals surface area contributed by atoms with Crippen molar-refractivity contribution in [2.45, 2.75) is 103 Å². The van der Waals surface area contributed by atoms with Gasteiger partial charge in [0.25, 0.3) is 0 Å². The van der Waals surface area contributed by atoms with E-state index in [1.54, 1.807) is 20.8 Å². The Kier molecular flexibility index (Phi) is 10.5. The van der Waals surface area contributed by atoms with Crippen molar-refractivity contribution in [1.82, 2.24) is 10.6 Å². The van der Waals surface area contributed by atoms with Gasteiger partial charge in [0, 0.05) is 34.1 Å². The summed E-state index contributed by atoms with van der Waals surface area (Å²) in [6.45, 7) is 8.61. The highest BCUT2D eigenvalue weighted by Gasteiger charge is 2.63. The minimum absolute atomic E-state index is 0.139. The molecule has 2 heterocycles. The number of carbonyl (C=O) groups excluding carboxylic acids is 6. The number of methoxy groups -OCH3 is 1. The summed E-state index contributed by atoms with van der Waals surface area (Å²) in [5.74, 6) is -5.38. The summed E-state index contributed by atoms with van der Waals surface area (Å²) in [6.07, 6.45) is -5.11. The smallest absolute Gasteiger partial charge is 0.408 e. The first-order chi connectivity index (χ1) is 18.4. The van der Waals surface area contributed by atoms with Gasteiger partial charge in [-0.1, -0.05) is 0 Å². The van der Waals surface area contributed by atoms with Gasteiger partial charge in [-0.25, -0.2) is 9.59 Å². The maximum Gasteiger partial charge on any atom is 0.408 e. The third-order valence-electron chi connectivity index (χ3n) is 6.04. The van der Waals surface area contributed by atoms with Crippen LogP contribution in [-0.2, 0) is 57.1 Å². The van der Waals surface area contributed by atoms with Crippen molar-refractivity contribution in [2.24, 2.45) is 0 Å². The van der Waals surface area contributed by atoms with Crippen LogP contribution in [0.3, 0.4) is 0 Å². The summed E-state index contributed by atoms with van der Waals surface area (Å²) in [5, 5.41) is 5.15.